The number of aliphatic hydroxyl groups is 1. The summed E-state index contributed by atoms with van der Waals surface area (Å²) in [6.07, 6.45) is 1.91. The molecule has 0 spiro atoms. The minimum absolute atomic E-state index is 0.108. The average molecular weight is 172 g/mol. The summed E-state index contributed by atoms with van der Waals surface area (Å²) in [5.74, 6) is 0.192. The molecule has 0 rings (SSSR count). The minimum atomic E-state index is -1.71. The van der Waals surface area contributed by atoms with Crippen molar-refractivity contribution in [2.45, 2.75) is 33.0 Å². The maximum absolute atomic E-state index is 11.3. The predicted octanol–water partition coefficient (Wildman–Crippen LogP) is 2.28. The van der Waals surface area contributed by atoms with Crippen molar-refractivity contribution in [2.75, 3.05) is 0 Å². The predicted molar refractivity (Wildman–Crippen MR) is 49.4 cm³/mol. The van der Waals surface area contributed by atoms with Crippen LogP contribution in [0, 0.1) is 0 Å². The molecule has 0 aliphatic heterocycles. The molecule has 0 aromatic heterocycles. The van der Waals surface area contributed by atoms with Crippen LogP contribution in [0.5, 0.6) is 0 Å². The molecule has 0 aromatic rings. The van der Waals surface area contributed by atoms with E-state index < -0.39 is 8.07 Å². The van der Waals surface area contributed by atoms with Crippen molar-refractivity contribution in [1.29, 1.82) is 0 Å². The van der Waals surface area contributed by atoms with E-state index in [2.05, 4.69) is 0 Å². The highest BCUT2D eigenvalue weighted by Gasteiger charge is 2.21. The van der Waals surface area contributed by atoms with Crippen LogP contribution in [0.3, 0.4) is 0 Å². The second-order valence-electron chi connectivity index (χ2n) is 3.60. The van der Waals surface area contributed by atoms with Gasteiger partial charge in [-0.15, -0.1) is 0 Å². The first-order valence-corrected chi connectivity index (χ1v) is 7.32. The zero-order valence-corrected chi connectivity index (χ0v) is 8.64. The number of hydrogen-bond donors (Lipinski definition) is 1. The Kier molecular flexibility index (Phi) is 3.52. The molecule has 0 amide bonds. The average Bonchev–Trinajstić information content (AvgIpc) is 1.85. The summed E-state index contributed by atoms with van der Waals surface area (Å²) in [5.41, 5.74) is 0. The van der Waals surface area contributed by atoms with Crippen LogP contribution in [0.4, 0.5) is 0 Å². The van der Waals surface area contributed by atoms with Gasteiger partial charge in [0.25, 0.3) is 0 Å². The van der Waals surface area contributed by atoms with Crippen molar-refractivity contribution in [3.63, 3.8) is 0 Å². The highest BCUT2D eigenvalue weighted by molar-refractivity contribution is 7.04. The zero-order chi connectivity index (χ0) is 9.07. The lowest BCUT2D eigenvalue weighted by Crippen LogP contribution is -2.31. The van der Waals surface area contributed by atoms with Gasteiger partial charge in [-0.1, -0.05) is 26.6 Å². The minimum Gasteiger partial charge on any atom is -0.512 e. The van der Waals surface area contributed by atoms with Crippen LogP contribution in [0.1, 0.15) is 13.3 Å². The normalized spacial score (nSPS) is 13.3. The standard InChI is InChI=1S/C8H16O2Si/c1-5-7(9)6-8(10)11(2,3)4/h6,9H,5H2,1-4H3/b7-6-. The summed E-state index contributed by atoms with van der Waals surface area (Å²) >= 11 is 0. The molecule has 0 fully saturated rings. The van der Waals surface area contributed by atoms with Gasteiger partial charge < -0.3 is 9.90 Å². The third kappa shape index (κ3) is 3.98. The lowest BCUT2D eigenvalue weighted by Gasteiger charge is -2.10. The molecule has 0 heterocycles. The Hall–Kier alpha value is -0.573. The molecule has 0 aliphatic rings. The van der Waals surface area contributed by atoms with Crippen LogP contribution in [0.25, 0.3) is 0 Å². The first-order chi connectivity index (χ1) is 4.88. The van der Waals surface area contributed by atoms with E-state index in [9.17, 15) is 4.79 Å². The fraction of sp³-hybridized carbons (Fsp3) is 0.625. The molecule has 0 bridgehead atoms. The number of rotatable bonds is 3. The fourth-order valence-corrected chi connectivity index (χ4v) is 1.07. The molecule has 0 aromatic carbocycles. The second-order valence-corrected chi connectivity index (χ2v) is 8.60. The van der Waals surface area contributed by atoms with Crippen molar-refractivity contribution in [1.82, 2.24) is 0 Å². The molecule has 11 heavy (non-hydrogen) atoms. The summed E-state index contributed by atoms with van der Waals surface area (Å²) < 4.78 is 0. The van der Waals surface area contributed by atoms with Gasteiger partial charge >= 0.3 is 0 Å². The molecule has 0 aliphatic carbocycles. The van der Waals surface area contributed by atoms with E-state index in [1.165, 1.54) is 6.08 Å². The molecule has 0 saturated carbocycles. The van der Waals surface area contributed by atoms with Crippen molar-refractivity contribution >= 4 is 13.5 Å². The van der Waals surface area contributed by atoms with E-state index in [-0.39, 0.29) is 11.2 Å². The quantitative estimate of drug-likeness (QED) is 0.403. The number of hydrogen-bond acceptors (Lipinski definition) is 2. The monoisotopic (exact) mass is 172 g/mol. The summed E-state index contributed by atoms with van der Waals surface area (Å²) in [5, 5.41) is 9.16. The summed E-state index contributed by atoms with van der Waals surface area (Å²) in [7, 11) is -1.71. The molecular formula is C8H16O2Si. The van der Waals surface area contributed by atoms with E-state index in [4.69, 9.17) is 5.11 Å². The lowest BCUT2D eigenvalue weighted by atomic mass is 10.4. The first kappa shape index (κ1) is 10.4. The smallest absolute Gasteiger partial charge is 0.136 e. The lowest BCUT2D eigenvalue weighted by molar-refractivity contribution is -0.108. The van der Waals surface area contributed by atoms with Gasteiger partial charge in [0.2, 0.25) is 0 Å². The summed E-state index contributed by atoms with van der Waals surface area (Å²) in [6, 6.07) is 0. The van der Waals surface area contributed by atoms with Crippen LogP contribution >= 0.6 is 0 Å². The molecule has 3 heteroatoms. The molecule has 0 unspecified atom stereocenters. The van der Waals surface area contributed by atoms with Crippen LogP contribution in [0.15, 0.2) is 11.8 Å². The van der Waals surface area contributed by atoms with Crippen molar-refractivity contribution in [2.24, 2.45) is 0 Å². The Morgan fingerprint density at radius 2 is 1.91 bits per heavy atom. The number of allylic oxidation sites excluding steroid dienone is 2. The third-order valence-corrected chi connectivity index (χ3v) is 3.02. The van der Waals surface area contributed by atoms with Crippen LogP contribution in [0.2, 0.25) is 19.6 Å². The molecule has 0 saturated heterocycles. The van der Waals surface area contributed by atoms with E-state index in [0.717, 1.165) is 0 Å². The number of aliphatic hydroxyl groups excluding tert-OH is 1. The topological polar surface area (TPSA) is 37.3 Å². The zero-order valence-electron chi connectivity index (χ0n) is 7.64. The molecule has 0 radical (unpaired) electrons. The van der Waals surface area contributed by atoms with Crippen LogP contribution in [-0.2, 0) is 4.79 Å². The van der Waals surface area contributed by atoms with Gasteiger partial charge in [0.1, 0.15) is 13.5 Å². The Balaban J connectivity index is 4.30. The number of carbonyl (C=O) groups excluding carboxylic acids is 1. The molecular weight excluding hydrogens is 156 g/mol. The second kappa shape index (κ2) is 3.71. The van der Waals surface area contributed by atoms with E-state index in [0.29, 0.717) is 6.42 Å². The number of carbonyl (C=O) groups is 1. The van der Waals surface area contributed by atoms with Crippen LogP contribution < -0.4 is 0 Å². The van der Waals surface area contributed by atoms with Gasteiger partial charge in [-0.3, -0.25) is 0 Å². The van der Waals surface area contributed by atoms with Gasteiger partial charge in [-0.2, -0.15) is 0 Å². The highest BCUT2D eigenvalue weighted by Crippen LogP contribution is 2.05. The van der Waals surface area contributed by atoms with E-state index in [1.54, 1.807) is 0 Å². The largest absolute Gasteiger partial charge is 0.512 e. The SMILES string of the molecule is CC/C(O)=C/C(=O)[Si](C)(C)C. The van der Waals surface area contributed by atoms with Crippen molar-refractivity contribution < 1.29 is 9.90 Å². The van der Waals surface area contributed by atoms with Gasteiger partial charge in [0, 0.05) is 12.5 Å². The van der Waals surface area contributed by atoms with E-state index >= 15 is 0 Å². The van der Waals surface area contributed by atoms with Crippen LogP contribution in [-0.4, -0.2) is 18.6 Å². The van der Waals surface area contributed by atoms with Gasteiger partial charge in [0.05, 0.1) is 5.76 Å². The molecule has 2 nitrogen and oxygen atoms in total. The third-order valence-electron chi connectivity index (χ3n) is 1.40. The Bertz CT molecular complexity index is 177. The van der Waals surface area contributed by atoms with Crippen molar-refractivity contribution in [3.8, 4) is 0 Å². The molecule has 64 valence electrons. The Morgan fingerprint density at radius 3 is 2.18 bits per heavy atom. The summed E-state index contributed by atoms with van der Waals surface area (Å²) in [6.45, 7) is 7.72. The first-order valence-electron chi connectivity index (χ1n) is 3.82. The van der Waals surface area contributed by atoms with Crippen molar-refractivity contribution in [3.05, 3.63) is 11.8 Å². The van der Waals surface area contributed by atoms with E-state index in [1.807, 2.05) is 26.6 Å². The van der Waals surface area contributed by atoms with Gasteiger partial charge in [-0.25, -0.2) is 0 Å². The Labute approximate surface area is 68.9 Å². The highest BCUT2D eigenvalue weighted by atomic mass is 28.3. The summed E-state index contributed by atoms with van der Waals surface area (Å²) in [4.78, 5) is 11.3. The maximum atomic E-state index is 11.3. The Morgan fingerprint density at radius 1 is 1.45 bits per heavy atom. The molecule has 1 N–H and O–H groups in total. The van der Waals surface area contributed by atoms with Gasteiger partial charge in [0.15, 0.2) is 0 Å². The van der Waals surface area contributed by atoms with Gasteiger partial charge in [-0.05, 0) is 0 Å². The maximum Gasteiger partial charge on any atom is 0.136 e. The fourth-order valence-electron chi connectivity index (χ4n) is 0.470. The molecule has 0 atom stereocenters.